The molecule has 0 aromatic carbocycles. The summed E-state index contributed by atoms with van der Waals surface area (Å²) in [6, 6.07) is 0.849. The topological polar surface area (TPSA) is 15.3 Å². The van der Waals surface area contributed by atoms with Crippen molar-refractivity contribution in [2.45, 2.75) is 51.0 Å². The Labute approximate surface area is 99.8 Å². The minimum Gasteiger partial charge on any atom is -0.313 e. The van der Waals surface area contributed by atoms with Crippen LogP contribution < -0.4 is 5.32 Å². The molecule has 3 aliphatic rings. The van der Waals surface area contributed by atoms with Crippen LogP contribution in [0.5, 0.6) is 0 Å². The fourth-order valence-corrected chi connectivity index (χ4v) is 4.07. The number of likely N-dealkylation sites (tertiary alicyclic amines) is 1. The summed E-state index contributed by atoms with van der Waals surface area (Å²) in [5, 5.41) is 3.73. The highest BCUT2D eigenvalue weighted by atomic mass is 15.2. The van der Waals surface area contributed by atoms with E-state index in [1.165, 1.54) is 71.1 Å². The number of fused-ring (bicyclic) bond motifs is 1. The Morgan fingerprint density at radius 1 is 0.875 bits per heavy atom. The zero-order valence-electron chi connectivity index (χ0n) is 10.5. The number of hydrogen-bond donors (Lipinski definition) is 1. The highest BCUT2D eigenvalue weighted by molar-refractivity contribution is 4.88. The molecule has 2 aliphatic carbocycles. The Kier molecular flexibility index (Phi) is 3.49. The van der Waals surface area contributed by atoms with Gasteiger partial charge in [-0.2, -0.15) is 0 Å². The molecule has 1 N–H and O–H groups in total. The van der Waals surface area contributed by atoms with E-state index in [2.05, 4.69) is 10.2 Å². The summed E-state index contributed by atoms with van der Waals surface area (Å²) in [5.74, 6) is 2.12. The van der Waals surface area contributed by atoms with Crippen molar-refractivity contribution in [1.82, 2.24) is 10.2 Å². The highest BCUT2D eigenvalue weighted by Crippen LogP contribution is 2.37. The first kappa shape index (κ1) is 11.0. The van der Waals surface area contributed by atoms with Crippen LogP contribution in [0, 0.1) is 11.8 Å². The third-order valence-electron chi connectivity index (χ3n) is 5.02. The molecule has 2 atom stereocenters. The standard InChI is InChI=1S/C14H26N2/c1-2-7-14(6-1)15-8-9-16-10-12-4-3-5-13(12)11-16/h12-15H,1-11H2. The molecule has 2 heteroatoms. The van der Waals surface area contributed by atoms with Crippen molar-refractivity contribution in [3.8, 4) is 0 Å². The van der Waals surface area contributed by atoms with Gasteiger partial charge in [-0.1, -0.05) is 19.3 Å². The molecule has 3 rings (SSSR count). The molecular formula is C14H26N2. The molecule has 2 saturated carbocycles. The molecule has 1 aliphatic heterocycles. The van der Waals surface area contributed by atoms with E-state index in [0.717, 1.165) is 17.9 Å². The monoisotopic (exact) mass is 222 g/mol. The van der Waals surface area contributed by atoms with Gasteiger partial charge in [0, 0.05) is 32.2 Å². The minimum absolute atomic E-state index is 0.849. The van der Waals surface area contributed by atoms with E-state index in [0.29, 0.717) is 0 Å². The number of nitrogens with one attached hydrogen (secondary N) is 1. The quantitative estimate of drug-likeness (QED) is 0.785. The lowest BCUT2D eigenvalue weighted by Gasteiger charge is -2.19. The van der Waals surface area contributed by atoms with Crippen LogP contribution in [0.15, 0.2) is 0 Å². The fraction of sp³-hybridized carbons (Fsp3) is 1.00. The summed E-state index contributed by atoms with van der Waals surface area (Å²) < 4.78 is 0. The van der Waals surface area contributed by atoms with Gasteiger partial charge in [0.2, 0.25) is 0 Å². The largest absolute Gasteiger partial charge is 0.313 e. The van der Waals surface area contributed by atoms with Gasteiger partial charge in [-0.15, -0.1) is 0 Å². The van der Waals surface area contributed by atoms with E-state index < -0.39 is 0 Å². The predicted octanol–water partition coefficient (Wildman–Crippen LogP) is 2.25. The summed E-state index contributed by atoms with van der Waals surface area (Å²) in [5.41, 5.74) is 0. The lowest BCUT2D eigenvalue weighted by molar-refractivity contribution is 0.303. The van der Waals surface area contributed by atoms with Gasteiger partial charge in [-0.25, -0.2) is 0 Å². The zero-order chi connectivity index (χ0) is 10.8. The molecular weight excluding hydrogens is 196 g/mol. The molecule has 1 saturated heterocycles. The first-order valence-electron chi connectivity index (χ1n) is 7.37. The maximum atomic E-state index is 3.73. The van der Waals surface area contributed by atoms with Crippen LogP contribution in [0.2, 0.25) is 0 Å². The average Bonchev–Trinajstić information content (AvgIpc) is 2.91. The van der Waals surface area contributed by atoms with E-state index in [1.54, 1.807) is 0 Å². The number of nitrogens with zero attached hydrogens (tertiary/aromatic N) is 1. The van der Waals surface area contributed by atoms with Crippen molar-refractivity contribution in [2.24, 2.45) is 11.8 Å². The SMILES string of the molecule is C1CCC(NCCN2CC3CCCC3C2)C1. The van der Waals surface area contributed by atoms with Gasteiger partial charge < -0.3 is 10.2 Å². The second kappa shape index (κ2) is 5.05. The van der Waals surface area contributed by atoms with Gasteiger partial charge in [0.25, 0.3) is 0 Å². The smallest absolute Gasteiger partial charge is 0.0107 e. The van der Waals surface area contributed by atoms with Crippen molar-refractivity contribution in [3.05, 3.63) is 0 Å². The van der Waals surface area contributed by atoms with Gasteiger partial charge in [-0.3, -0.25) is 0 Å². The van der Waals surface area contributed by atoms with E-state index in [-0.39, 0.29) is 0 Å². The Morgan fingerprint density at radius 2 is 1.56 bits per heavy atom. The fourth-order valence-electron chi connectivity index (χ4n) is 4.07. The van der Waals surface area contributed by atoms with Crippen LogP contribution in [-0.2, 0) is 0 Å². The van der Waals surface area contributed by atoms with E-state index >= 15 is 0 Å². The molecule has 0 aromatic heterocycles. The average molecular weight is 222 g/mol. The van der Waals surface area contributed by atoms with Gasteiger partial charge in [0.15, 0.2) is 0 Å². The zero-order valence-corrected chi connectivity index (χ0v) is 10.5. The van der Waals surface area contributed by atoms with Gasteiger partial charge in [-0.05, 0) is 37.5 Å². The summed E-state index contributed by atoms with van der Waals surface area (Å²) in [4.78, 5) is 2.70. The lowest BCUT2D eigenvalue weighted by atomic mass is 10.0. The number of rotatable bonds is 4. The Balaban J connectivity index is 1.33. The molecule has 16 heavy (non-hydrogen) atoms. The van der Waals surface area contributed by atoms with Crippen LogP contribution >= 0.6 is 0 Å². The summed E-state index contributed by atoms with van der Waals surface area (Å²) >= 11 is 0. The first-order chi connectivity index (χ1) is 7.92. The Hall–Kier alpha value is -0.0800. The van der Waals surface area contributed by atoms with Gasteiger partial charge >= 0.3 is 0 Å². The lowest BCUT2D eigenvalue weighted by Crippen LogP contribution is -2.35. The Bertz CT molecular complexity index is 211. The van der Waals surface area contributed by atoms with Crippen molar-refractivity contribution < 1.29 is 0 Å². The van der Waals surface area contributed by atoms with Gasteiger partial charge in [0.05, 0.1) is 0 Å². The minimum atomic E-state index is 0.849. The van der Waals surface area contributed by atoms with E-state index in [4.69, 9.17) is 0 Å². The maximum Gasteiger partial charge on any atom is 0.0107 e. The van der Waals surface area contributed by atoms with Crippen molar-refractivity contribution in [1.29, 1.82) is 0 Å². The molecule has 92 valence electrons. The van der Waals surface area contributed by atoms with Crippen LogP contribution in [0.25, 0.3) is 0 Å². The second-order valence-electron chi connectivity index (χ2n) is 6.15. The van der Waals surface area contributed by atoms with Crippen molar-refractivity contribution in [2.75, 3.05) is 26.2 Å². The molecule has 0 amide bonds. The molecule has 1 heterocycles. The van der Waals surface area contributed by atoms with Gasteiger partial charge in [0.1, 0.15) is 0 Å². The second-order valence-corrected chi connectivity index (χ2v) is 6.15. The molecule has 0 radical (unpaired) electrons. The van der Waals surface area contributed by atoms with Crippen LogP contribution in [0.4, 0.5) is 0 Å². The summed E-state index contributed by atoms with van der Waals surface area (Å²) in [6.45, 7) is 5.32. The predicted molar refractivity (Wildman–Crippen MR) is 67.5 cm³/mol. The highest BCUT2D eigenvalue weighted by Gasteiger charge is 2.35. The van der Waals surface area contributed by atoms with Crippen LogP contribution in [0.3, 0.4) is 0 Å². The number of hydrogen-bond acceptors (Lipinski definition) is 2. The third kappa shape index (κ3) is 2.43. The molecule has 0 bridgehead atoms. The van der Waals surface area contributed by atoms with Crippen molar-refractivity contribution in [3.63, 3.8) is 0 Å². The normalized spacial score (nSPS) is 36.0. The summed E-state index contributed by atoms with van der Waals surface area (Å²) in [6.07, 6.45) is 10.3. The molecule has 2 nitrogen and oxygen atoms in total. The van der Waals surface area contributed by atoms with Crippen molar-refractivity contribution >= 4 is 0 Å². The van der Waals surface area contributed by atoms with Crippen LogP contribution in [-0.4, -0.2) is 37.1 Å². The third-order valence-corrected chi connectivity index (χ3v) is 5.02. The van der Waals surface area contributed by atoms with E-state index in [9.17, 15) is 0 Å². The van der Waals surface area contributed by atoms with E-state index in [1.807, 2.05) is 0 Å². The maximum absolute atomic E-state index is 3.73. The Morgan fingerprint density at radius 3 is 2.25 bits per heavy atom. The molecule has 2 unspecified atom stereocenters. The first-order valence-corrected chi connectivity index (χ1v) is 7.37. The summed E-state index contributed by atoms with van der Waals surface area (Å²) in [7, 11) is 0. The molecule has 0 spiro atoms. The van der Waals surface area contributed by atoms with Crippen LogP contribution in [0.1, 0.15) is 44.9 Å². The molecule has 0 aromatic rings. The molecule has 3 fully saturated rings.